The lowest BCUT2D eigenvalue weighted by Crippen LogP contribution is -2.13. The van der Waals surface area contributed by atoms with Gasteiger partial charge >= 0.3 is 11.7 Å². The predicted octanol–water partition coefficient (Wildman–Crippen LogP) is 0.569. The van der Waals surface area contributed by atoms with Gasteiger partial charge in [0, 0.05) is 7.05 Å². The largest absolute Gasteiger partial charge is 0.461 e. The lowest BCUT2D eigenvalue weighted by molar-refractivity contribution is -0.736. The topological polar surface area (TPSA) is 73.4 Å². The van der Waals surface area contributed by atoms with Crippen molar-refractivity contribution in [2.24, 2.45) is 7.05 Å². The van der Waals surface area contributed by atoms with Crippen molar-refractivity contribution in [3.05, 3.63) is 16.8 Å². The summed E-state index contributed by atoms with van der Waals surface area (Å²) < 4.78 is 6.04. The Morgan fingerprint density at radius 2 is 2.33 bits per heavy atom. The third-order valence-corrected chi connectivity index (χ3v) is 1.75. The third kappa shape index (κ3) is 2.12. The Morgan fingerprint density at radius 3 is 2.87 bits per heavy atom. The molecule has 0 aromatic carbocycles. The van der Waals surface area contributed by atoms with E-state index in [1.165, 1.54) is 18.0 Å². The summed E-state index contributed by atoms with van der Waals surface area (Å²) in [5.74, 6) is -0.606. The Labute approximate surface area is 86.1 Å². The van der Waals surface area contributed by atoms with Gasteiger partial charge in [-0.25, -0.2) is 9.63 Å². The van der Waals surface area contributed by atoms with E-state index in [4.69, 9.17) is 4.74 Å². The molecule has 0 saturated carbocycles. The summed E-state index contributed by atoms with van der Waals surface area (Å²) in [7, 11) is 2.74. The van der Waals surface area contributed by atoms with Gasteiger partial charge in [-0.05, 0) is 6.92 Å². The van der Waals surface area contributed by atoms with E-state index < -0.39 is 5.97 Å². The highest BCUT2D eigenvalue weighted by molar-refractivity contribution is 5.91. The summed E-state index contributed by atoms with van der Waals surface area (Å²) in [6, 6.07) is 0. The molecule has 1 aromatic rings. The highest BCUT2D eigenvalue weighted by atomic mass is 16.8. The zero-order valence-electron chi connectivity index (χ0n) is 8.76. The normalized spacial score (nSPS) is 9.80. The third-order valence-electron chi connectivity index (χ3n) is 1.75. The van der Waals surface area contributed by atoms with Crippen LogP contribution >= 0.6 is 0 Å². The van der Waals surface area contributed by atoms with E-state index >= 15 is 0 Å². The molecule has 1 heterocycles. The summed E-state index contributed by atoms with van der Waals surface area (Å²) in [5, 5.41) is 3.78. The van der Waals surface area contributed by atoms with Crippen LogP contribution in [0.3, 0.4) is 0 Å². The molecular weight excluding hydrogens is 202 g/mol. The van der Waals surface area contributed by atoms with Crippen LogP contribution in [0.25, 0.3) is 0 Å². The minimum absolute atomic E-state index is 0.0263. The zero-order valence-corrected chi connectivity index (χ0v) is 8.76. The van der Waals surface area contributed by atoms with Crippen LogP contribution < -0.4 is 0 Å². The second kappa shape index (κ2) is 4.54. The first-order valence-corrected chi connectivity index (χ1v) is 4.32. The van der Waals surface area contributed by atoms with Crippen LogP contribution in [0.4, 0.5) is 5.69 Å². The van der Waals surface area contributed by atoms with Crippen molar-refractivity contribution in [2.45, 2.75) is 6.92 Å². The Bertz CT molecular complexity index is 385. The van der Waals surface area contributed by atoms with Crippen molar-refractivity contribution >= 4 is 11.7 Å². The number of esters is 1. The Balaban J connectivity index is 3.09. The molecule has 0 aliphatic carbocycles. The van der Waals surface area contributed by atoms with Gasteiger partial charge in [-0.2, -0.15) is 5.10 Å². The van der Waals surface area contributed by atoms with Crippen molar-refractivity contribution in [1.29, 1.82) is 0 Å². The molecule has 0 aliphatic rings. The SMILES string of the molecule is CCOC(=O)c1c([N+](=O)OC)cnn1C. The molecule has 15 heavy (non-hydrogen) atoms. The number of rotatable bonds is 4. The van der Waals surface area contributed by atoms with Gasteiger partial charge < -0.3 is 4.74 Å². The Morgan fingerprint density at radius 1 is 1.67 bits per heavy atom. The number of aryl methyl sites for hydroxylation is 1. The Kier molecular flexibility index (Phi) is 3.37. The van der Waals surface area contributed by atoms with Gasteiger partial charge in [0.2, 0.25) is 5.69 Å². The second-order valence-electron chi connectivity index (χ2n) is 2.66. The molecule has 0 N–H and O–H groups in total. The summed E-state index contributed by atoms with van der Waals surface area (Å²) in [6.45, 7) is 1.91. The summed E-state index contributed by atoms with van der Waals surface area (Å²) in [4.78, 5) is 27.3. The summed E-state index contributed by atoms with van der Waals surface area (Å²) in [5.41, 5.74) is 0.0900. The van der Waals surface area contributed by atoms with E-state index in [1.54, 1.807) is 14.0 Å². The molecule has 0 atom stereocenters. The van der Waals surface area contributed by atoms with E-state index in [-0.39, 0.29) is 22.9 Å². The predicted molar refractivity (Wildman–Crippen MR) is 49.5 cm³/mol. The molecule has 0 fully saturated rings. The summed E-state index contributed by atoms with van der Waals surface area (Å²) in [6.07, 6.45) is 1.24. The lowest BCUT2D eigenvalue weighted by atomic mass is 10.4. The lowest BCUT2D eigenvalue weighted by Gasteiger charge is -2.00. The highest BCUT2D eigenvalue weighted by Crippen LogP contribution is 2.18. The summed E-state index contributed by atoms with van der Waals surface area (Å²) >= 11 is 0. The number of hydrogen-bond donors (Lipinski definition) is 0. The van der Waals surface area contributed by atoms with E-state index in [0.717, 1.165) is 0 Å². The van der Waals surface area contributed by atoms with Crippen LogP contribution in [0.15, 0.2) is 6.20 Å². The number of carbonyl (C=O) groups excluding carboxylic acids is 1. The maximum absolute atomic E-state index is 11.5. The molecule has 0 unspecified atom stereocenters. The van der Waals surface area contributed by atoms with Gasteiger partial charge in [-0.3, -0.25) is 4.68 Å². The van der Waals surface area contributed by atoms with Crippen LogP contribution in [0.1, 0.15) is 17.4 Å². The molecule has 7 nitrogen and oxygen atoms in total. The zero-order chi connectivity index (χ0) is 11.4. The maximum Gasteiger partial charge on any atom is 0.369 e. The quantitative estimate of drug-likeness (QED) is 0.541. The highest BCUT2D eigenvalue weighted by Gasteiger charge is 2.31. The van der Waals surface area contributed by atoms with Crippen LogP contribution in [0.5, 0.6) is 0 Å². The average molecular weight is 214 g/mol. The minimum Gasteiger partial charge on any atom is -0.461 e. The molecule has 1 rings (SSSR count). The first kappa shape index (κ1) is 11.2. The smallest absolute Gasteiger partial charge is 0.369 e. The fourth-order valence-corrected chi connectivity index (χ4v) is 1.09. The molecule has 82 valence electrons. The standard InChI is InChI=1S/C8H12N3O4/c1-4-15-8(12)7-6(11(13)14-3)5-9-10(7)2/h5H,4H2,1-3H3/q+1. The van der Waals surface area contributed by atoms with Gasteiger partial charge in [-0.1, -0.05) is 0 Å². The van der Waals surface area contributed by atoms with Crippen molar-refractivity contribution in [3.63, 3.8) is 0 Å². The van der Waals surface area contributed by atoms with E-state index in [1.807, 2.05) is 0 Å². The van der Waals surface area contributed by atoms with Crippen LogP contribution in [0.2, 0.25) is 0 Å². The number of aromatic nitrogens is 2. The van der Waals surface area contributed by atoms with Crippen LogP contribution in [-0.4, -0.2) is 34.4 Å². The first-order valence-electron chi connectivity index (χ1n) is 4.32. The fourth-order valence-electron chi connectivity index (χ4n) is 1.09. The Hall–Kier alpha value is -1.92. The van der Waals surface area contributed by atoms with Gasteiger partial charge in [0.1, 0.15) is 6.20 Å². The van der Waals surface area contributed by atoms with E-state index in [9.17, 15) is 9.70 Å². The van der Waals surface area contributed by atoms with Crippen molar-refractivity contribution in [1.82, 2.24) is 9.78 Å². The maximum atomic E-state index is 11.5. The molecule has 7 heteroatoms. The molecule has 0 saturated heterocycles. The molecule has 0 bridgehead atoms. The monoisotopic (exact) mass is 214 g/mol. The molecule has 0 amide bonds. The van der Waals surface area contributed by atoms with Gasteiger partial charge in [0.15, 0.2) is 7.11 Å². The van der Waals surface area contributed by atoms with Gasteiger partial charge in [0.05, 0.1) is 11.5 Å². The van der Waals surface area contributed by atoms with E-state index in [2.05, 4.69) is 9.94 Å². The van der Waals surface area contributed by atoms with Gasteiger partial charge in [0.25, 0.3) is 4.92 Å². The number of carbonyl (C=O) groups is 1. The first-order chi connectivity index (χ1) is 7.11. The van der Waals surface area contributed by atoms with Crippen molar-refractivity contribution < 1.29 is 19.3 Å². The molecule has 0 aliphatic heterocycles. The molecule has 0 radical (unpaired) electrons. The van der Waals surface area contributed by atoms with Crippen LogP contribution in [0, 0.1) is 4.91 Å². The van der Waals surface area contributed by atoms with Crippen LogP contribution in [-0.2, 0) is 16.6 Å². The van der Waals surface area contributed by atoms with E-state index in [0.29, 0.717) is 0 Å². The molecule has 0 spiro atoms. The van der Waals surface area contributed by atoms with Crippen molar-refractivity contribution in [2.75, 3.05) is 13.7 Å². The minimum atomic E-state index is -0.606. The molecular formula is C8H12N3O4+. The number of hydrogen-bond acceptors (Lipinski definition) is 5. The average Bonchev–Trinajstić information content (AvgIpc) is 2.59. The second-order valence-corrected chi connectivity index (χ2v) is 2.66. The number of ether oxygens (including phenoxy) is 1. The van der Waals surface area contributed by atoms with Gasteiger partial charge in [-0.15, -0.1) is 0 Å². The van der Waals surface area contributed by atoms with Crippen molar-refractivity contribution in [3.8, 4) is 0 Å². The number of nitrogens with zero attached hydrogens (tertiary/aromatic N) is 3. The fraction of sp³-hybridized carbons (Fsp3) is 0.500. The molecule has 1 aromatic heterocycles.